The van der Waals surface area contributed by atoms with Gasteiger partial charge in [0, 0.05) is 0 Å². The van der Waals surface area contributed by atoms with E-state index in [1.807, 2.05) is 0 Å². The van der Waals surface area contributed by atoms with Crippen LogP contribution in [0.4, 0.5) is 4.39 Å². The summed E-state index contributed by atoms with van der Waals surface area (Å²) in [7, 11) is 0. The third kappa shape index (κ3) is 2.75. The molecule has 1 heterocycles. The highest BCUT2D eigenvalue weighted by Crippen LogP contribution is 2.04. The fraction of sp³-hybridized carbons (Fsp3) is 0.300. The quantitative estimate of drug-likeness (QED) is 0.721. The zero-order valence-electron chi connectivity index (χ0n) is 8.95. The van der Waals surface area contributed by atoms with E-state index in [-0.39, 0.29) is 5.69 Å². The Bertz CT molecular complexity index is 432. The fourth-order valence-electron chi connectivity index (χ4n) is 0.944. The smallest absolute Gasteiger partial charge is 0.270 e. The Labute approximate surface area is 91.9 Å². The van der Waals surface area contributed by atoms with Gasteiger partial charge in [-0.3, -0.25) is 9.59 Å². The standard InChI is InChI=1S/C10H12FN3O2/c1-10(2,9(12)16)14-8(15)6-4-3-5-7(11)13-6/h3-5H,1-2H3,(H2,12,16)(H,14,15). The van der Waals surface area contributed by atoms with Gasteiger partial charge in [0.15, 0.2) is 0 Å². The van der Waals surface area contributed by atoms with Gasteiger partial charge in [-0.15, -0.1) is 0 Å². The summed E-state index contributed by atoms with van der Waals surface area (Å²) in [6.07, 6.45) is 0. The van der Waals surface area contributed by atoms with Gasteiger partial charge in [-0.1, -0.05) is 6.07 Å². The number of rotatable bonds is 3. The monoisotopic (exact) mass is 225 g/mol. The number of hydrogen-bond acceptors (Lipinski definition) is 3. The van der Waals surface area contributed by atoms with E-state index < -0.39 is 23.3 Å². The number of carbonyl (C=O) groups excluding carboxylic acids is 2. The van der Waals surface area contributed by atoms with Crippen LogP contribution in [-0.2, 0) is 4.79 Å². The summed E-state index contributed by atoms with van der Waals surface area (Å²) in [6, 6.07) is 3.82. The lowest BCUT2D eigenvalue weighted by Gasteiger charge is -2.21. The third-order valence-electron chi connectivity index (χ3n) is 1.99. The van der Waals surface area contributed by atoms with Gasteiger partial charge < -0.3 is 11.1 Å². The maximum absolute atomic E-state index is 12.7. The Hall–Kier alpha value is -1.98. The number of halogens is 1. The number of hydrogen-bond donors (Lipinski definition) is 2. The average molecular weight is 225 g/mol. The molecule has 6 heteroatoms. The molecule has 0 spiro atoms. The third-order valence-corrected chi connectivity index (χ3v) is 1.99. The molecule has 0 aliphatic rings. The molecule has 16 heavy (non-hydrogen) atoms. The Morgan fingerprint density at radius 1 is 1.44 bits per heavy atom. The minimum atomic E-state index is -1.20. The molecule has 0 aromatic carbocycles. The number of aromatic nitrogens is 1. The van der Waals surface area contributed by atoms with Gasteiger partial charge in [0.1, 0.15) is 11.2 Å². The molecule has 0 aliphatic heterocycles. The second kappa shape index (κ2) is 4.26. The van der Waals surface area contributed by atoms with Crippen molar-refractivity contribution in [2.45, 2.75) is 19.4 Å². The molecule has 1 aromatic rings. The summed E-state index contributed by atoms with van der Waals surface area (Å²) in [4.78, 5) is 25.9. The molecule has 0 atom stereocenters. The molecule has 0 bridgehead atoms. The molecule has 0 saturated heterocycles. The molecule has 86 valence electrons. The van der Waals surface area contributed by atoms with Crippen molar-refractivity contribution in [1.82, 2.24) is 10.3 Å². The normalized spacial score (nSPS) is 10.9. The first kappa shape index (κ1) is 12.1. The summed E-state index contributed by atoms with van der Waals surface area (Å²) < 4.78 is 12.7. The molecule has 0 saturated carbocycles. The van der Waals surface area contributed by atoms with Gasteiger partial charge in [0.25, 0.3) is 5.91 Å². The highest BCUT2D eigenvalue weighted by Gasteiger charge is 2.27. The number of nitrogens with one attached hydrogen (secondary N) is 1. The summed E-state index contributed by atoms with van der Waals surface area (Å²) in [5, 5.41) is 2.36. The topological polar surface area (TPSA) is 85.1 Å². The highest BCUT2D eigenvalue weighted by atomic mass is 19.1. The number of amides is 2. The van der Waals surface area contributed by atoms with Crippen molar-refractivity contribution in [3.8, 4) is 0 Å². The maximum Gasteiger partial charge on any atom is 0.270 e. The Morgan fingerprint density at radius 3 is 2.56 bits per heavy atom. The largest absolute Gasteiger partial charge is 0.368 e. The van der Waals surface area contributed by atoms with Crippen LogP contribution in [-0.4, -0.2) is 22.3 Å². The molecule has 0 radical (unpaired) electrons. The van der Waals surface area contributed by atoms with E-state index in [0.717, 1.165) is 6.07 Å². The van der Waals surface area contributed by atoms with Crippen molar-refractivity contribution >= 4 is 11.8 Å². The Morgan fingerprint density at radius 2 is 2.06 bits per heavy atom. The van der Waals surface area contributed by atoms with E-state index >= 15 is 0 Å². The number of nitrogens with zero attached hydrogens (tertiary/aromatic N) is 1. The maximum atomic E-state index is 12.7. The molecule has 1 aromatic heterocycles. The van der Waals surface area contributed by atoms with Crippen LogP contribution in [0.3, 0.4) is 0 Å². The minimum Gasteiger partial charge on any atom is -0.368 e. The van der Waals surface area contributed by atoms with Crippen molar-refractivity contribution in [3.05, 3.63) is 29.8 Å². The Kier molecular flexibility index (Phi) is 3.22. The van der Waals surface area contributed by atoms with Gasteiger partial charge in [0.2, 0.25) is 11.9 Å². The highest BCUT2D eigenvalue weighted by molar-refractivity contribution is 5.97. The van der Waals surface area contributed by atoms with Crippen molar-refractivity contribution in [2.75, 3.05) is 0 Å². The van der Waals surface area contributed by atoms with Gasteiger partial charge in [-0.05, 0) is 26.0 Å². The van der Waals surface area contributed by atoms with Crippen molar-refractivity contribution < 1.29 is 14.0 Å². The lowest BCUT2D eigenvalue weighted by molar-refractivity contribution is -0.122. The minimum absolute atomic E-state index is 0.102. The van der Waals surface area contributed by atoms with E-state index in [9.17, 15) is 14.0 Å². The zero-order valence-corrected chi connectivity index (χ0v) is 8.95. The summed E-state index contributed by atoms with van der Waals surface area (Å²) in [5.41, 5.74) is 3.77. The summed E-state index contributed by atoms with van der Waals surface area (Å²) >= 11 is 0. The van der Waals surface area contributed by atoms with Crippen molar-refractivity contribution in [2.24, 2.45) is 5.73 Å². The van der Waals surface area contributed by atoms with Crippen LogP contribution < -0.4 is 11.1 Å². The molecule has 0 unspecified atom stereocenters. The molecule has 1 rings (SSSR count). The lowest BCUT2D eigenvalue weighted by Crippen LogP contribution is -2.53. The van der Waals surface area contributed by atoms with Crippen molar-refractivity contribution in [3.63, 3.8) is 0 Å². The molecule has 0 fully saturated rings. The fourth-order valence-corrected chi connectivity index (χ4v) is 0.944. The van der Waals surface area contributed by atoms with Crippen LogP contribution >= 0.6 is 0 Å². The van der Waals surface area contributed by atoms with Crippen LogP contribution in [0.5, 0.6) is 0 Å². The summed E-state index contributed by atoms with van der Waals surface area (Å²) in [6.45, 7) is 2.90. The van der Waals surface area contributed by atoms with E-state index in [1.165, 1.54) is 26.0 Å². The van der Waals surface area contributed by atoms with E-state index in [1.54, 1.807) is 0 Å². The molecule has 2 amide bonds. The first-order chi connectivity index (χ1) is 7.33. The van der Waals surface area contributed by atoms with Crippen molar-refractivity contribution in [1.29, 1.82) is 0 Å². The molecule has 5 nitrogen and oxygen atoms in total. The van der Waals surface area contributed by atoms with Crippen LogP contribution in [0.25, 0.3) is 0 Å². The van der Waals surface area contributed by atoms with E-state index in [4.69, 9.17) is 5.73 Å². The van der Waals surface area contributed by atoms with Crippen LogP contribution in [0.15, 0.2) is 18.2 Å². The average Bonchev–Trinajstić information content (AvgIpc) is 2.16. The predicted molar refractivity (Wildman–Crippen MR) is 54.9 cm³/mol. The first-order valence-corrected chi connectivity index (χ1v) is 4.58. The molecular weight excluding hydrogens is 213 g/mol. The van der Waals surface area contributed by atoms with Crippen LogP contribution in [0.1, 0.15) is 24.3 Å². The number of pyridine rings is 1. The number of nitrogens with two attached hydrogens (primary N) is 1. The Balaban J connectivity index is 2.85. The van der Waals surface area contributed by atoms with E-state index in [0.29, 0.717) is 0 Å². The molecule has 3 N–H and O–H groups in total. The van der Waals surface area contributed by atoms with Gasteiger partial charge in [-0.2, -0.15) is 4.39 Å². The van der Waals surface area contributed by atoms with Crippen LogP contribution in [0, 0.1) is 5.95 Å². The number of primary amides is 1. The summed E-state index contributed by atoms with van der Waals surface area (Å²) in [5.74, 6) is -2.09. The molecule has 0 aliphatic carbocycles. The lowest BCUT2D eigenvalue weighted by atomic mass is 10.1. The second-order valence-corrected chi connectivity index (χ2v) is 3.79. The predicted octanol–water partition coefficient (Wildman–Crippen LogP) is 0.214. The zero-order chi connectivity index (χ0) is 12.3. The van der Waals surface area contributed by atoms with Gasteiger partial charge in [-0.25, -0.2) is 4.98 Å². The van der Waals surface area contributed by atoms with Gasteiger partial charge >= 0.3 is 0 Å². The second-order valence-electron chi connectivity index (χ2n) is 3.79. The molecular formula is C10H12FN3O2. The first-order valence-electron chi connectivity index (χ1n) is 4.58. The van der Waals surface area contributed by atoms with Crippen LogP contribution in [0.2, 0.25) is 0 Å². The van der Waals surface area contributed by atoms with Gasteiger partial charge in [0.05, 0.1) is 0 Å². The van der Waals surface area contributed by atoms with E-state index in [2.05, 4.69) is 10.3 Å². The number of carbonyl (C=O) groups is 2. The SMILES string of the molecule is CC(C)(NC(=O)c1cccc(F)n1)C(N)=O.